The van der Waals surface area contributed by atoms with Gasteiger partial charge in [-0.05, 0) is 49.7 Å². The summed E-state index contributed by atoms with van der Waals surface area (Å²) in [5.74, 6) is 0.353. The van der Waals surface area contributed by atoms with Crippen molar-refractivity contribution in [3.05, 3.63) is 29.3 Å². The molecule has 0 saturated heterocycles. The summed E-state index contributed by atoms with van der Waals surface area (Å²) < 4.78 is 28.2. The molecule has 2 aliphatic carbocycles. The van der Waals surface area contributed by atoms with E-state index >= 15 is 0 Å². The highest BCUT2D eigenvalue weighted by Crippen LogP contribution is 2.64. The Morgan fingerprint density at radius 1 is 1.26 bits per heavy atom. The fourth-order valence-corrected chi connectivity index (χ4v) is 6.53. The minimum atomic E-state index is -3.57. The summed E-state index contributed by atoms with van der Waals surface area (Å²) in [6, 6.07) is 5.63. The zero-order chi connectivity index (χ0) is 17.0. The molecule has 23 heavy (non-hydrogen) atoms. The fraction of sp³-hybridized carbons (Fsp3) is 0.611. The summed E-state index contributed by atoms with van der Waals surface area (Å²) in [5, 5.41) is 0. The van der Waals surface area contributed by atoms with Crippen LogP contribution in [-0.2, 0) is 14.8 Å². The summed E-state index contributed by atoms with van der Waals surface area (Å²) in [4.78, 5) is 12.5. The molecule has 1 N–H and O–H groups in total. The fourth-order valence-electron chi connectivity index (χ4n) is 4.56. The maximum absolute atomic E-state index is 12.7. The molecule has 2 saturated carbocycles. The first-order valence-electron chi connectivity index (χ1n) is 8.18. The third kappa shape index (κ3) is 2.49. The molecule has 0 heterocycles. The topological polar surface area (TPSA) is 63.2 Å². The van der Waals surface area contributed by atoms with Crippen LogP contribution in [0.1, 0.15) is 44.2 Å². The first-order chi connectivity index (χ1) is 10.6. The zero-order valence-corrected chi connectivity index (χ0v) is 15.1. The second-order valence-corrected chi connectivity index (χ2v) is 9.57. The van der Waals surface area contributed by atoms with E-state index in [1.54, 1.807) is 6.07 Å². The highest BCUT2D eigenvalue weighted by Gasteiger charge is 2.65. The van der Waals surface area contributed by atoms with Crippen LogP contribution < -0.4 is 4.72 Å². The summed E-state index contributed by atoms with van der Waals surface area (Å²) in [6.45, 7) is 7.98. The largest absolute Gasteiger partial charge is 0.299 e. The number of carbonyl (C=O) groups is 1. The number of fused-ring (bicyclic) bond motifs is 2. The molecule has 2 aliphatic rings. The van der Waals surface area contributed by atoms with E-state index in [4.69, 9.17) is 0 Å². The lowest BCUT2D eigenvalue weighted by molar-refractivity contribution is -0.128. The van der Waals surface area contributed by atoms with Gasteiger partial charge in [0.15, 0.2) is 0 Å². The maximum Gasteiger partial charge on any atom is 0.233 e. The van der Waals surface area contributed by atoms with Crippen molar-refractivity contribution in [1.29, 1.82) is 0 Å². The molecule has 4 nitrogen and oxygen atoms in total. The van der Waals surface area contributed by atoms with Crippen molar-refractivity contribution in [2.45, 2.75) is 47.0 Å². The molecular formula is C18H25NO3S. The second-order valence-electron chi connectivity index (χ2n) is 7.85. The van der Waals surface area contributed by atoms with Crippen LogP contribution in [0.3, 0.4) is 0 Å². The lowest BCUT2D eigenvalue weighted by Gasteiger charge is -2.36. The molecule has 0 aromatic heterocycles. The minimum Gasteiger partial charge on any atom is -0.299 e. The lowest BCUT2D eigenvalue weighted by Crippen LogP contribution is -2.43. The van der Waals surface area contributed by atoms with Gasteiger partial charge in [-0.25, -0.2) is 8.42 Å². The number of Topliss-reactive ketones (excluding diaryl/α,β-unsaturated/α-hetero) is 1. The molecule has 0 aliphatic heterocycles. The number of anilines is 1. The van der Waals surface area contributed by atoms with Gasteiger partial charge in [-0.2, -0.15) is 0 Å². The van der Waals surface area contributed by atoms with Crippen LogP contribution in [0.25, 0.3) is 0 Å². The molecule has 126 valence electrons. The molecule has 1 aromatic rings. The predicted molar refractivity (Wildman–Crippen MR) is 91.9 cm³/mol. The number of rotatable bonds is 4. The quantitative estimate of drug-likeness (QED) is 0.917. The van der Waals surface area contributed by atoms with Crippen LogP contribution in [-0.4, -0.2) is 20.0 Å². The van der Waals surface area contributed by atoms with Gasteiger partial charge in [-0.3, -0.25) is 9.52 Å². The maximum atomic E-state index is 12.7. The standard InChI is InChI=1S/C18H25NO3S/c1-12-5-6-15(13(2)9-12)19-23(21,22)11-18-8-7-14(10-16(18)20)17(18,3)4/h5-6,9,14,19H,7-8,10-11H2,1-4H3. The molecule has 2 fully saturated rings. The van der Waals surface area contributed by atoms with Crippen molar-refractivity contribution < 1.29 is 13.2 Å². The summed E-state index contributed by atoms with van der Waals surface area (Å²) in [5.41, 5.74) is 1.63. The number of aryl methyl sites for hydroxylation is 2. The Bertz CT molecular complexity index is 766. The van der Waals surface area contributed by atoms with E-state index in [1.807, 2.05) is 26.0 Å². The Labute approximate surface area is 138 Å². The van der Waals surface area contributed by atoms with E-state index < -0.39 is 15.4 Å². The first kappa shape index (κ1) is 16.5. The van der Waals surface area contributed by atoms with Crippen LogP contribution in [0.5, 0.6) is 0 Å². The smallest absolute Gasteiger partial charge is 0.233 e. The van der Waals surface area contributed by atoms with Gasteiger partial charge < -0.3 is 0 Å². The number of hydrogen-bond acceptors (Lipinski definition) is 3. The first-order valence-corrected chi connectivity index (χ1v) is 9.84. The molecule has 0 spiro atoms. The number of benzene rings is 1. The number of nitrogens with one attached hydrogen (secondary N) is 1. The van der Waals surface area contributed by atoms with Gasteiger partial charge in [0.1, 0.15) is 5.78 Å². The van der Waals surface area contributed by atoms with Crippen LogP contribution in [0.2, 0.25) is 0 Å². The predicted octanol–water partition coefficient (Wildman–Crippen LogP) is 3.44. The van der Waals surface area contributed by atoms with Crippen molar-refractivity contribution in [3.8, 4) is 0 Å². The van der Waals surface area contributed by atoms with E-state index in [-0.39, 0.29) is 17.0 Å². The third-order valence-corrected chi connectivity index (χ3v) is 7.63. The summed E-state index contributed by atoms with van der Waals surface area (Å²) >= 11 is 0. The number of hydrogen-bond donors (Lipinski definition) is 1. The Balaban J connectivity index is 1.88. The Morgan fingerprint density at radius 3 is 2.48 bits per heavy atom. The minimum absolute atomic E-state index is 0.102. The SMILES string of the molecule is Cc1ccc(NS(=O)(=O)CC23CCC(CC2=O)C3(C)C)c(C)c1. The molecule has 1 aromatic carbocycles. The third-order valence-electron chi connectivity index (χ3n) is 6.22. The van der Waals surface area contributed by atoms with Crippen molar-refractivity contribution in [2.24, 2.45) is 16.7 Å². The van der Waals surface area contributed by atoms with E-state index in [0.717, 1.165) is 17.5 Å². The van der Waals surface area contributed by atoms with Gasteiger partial charge in [-0.1, -0.05) is 31.5 Å². The average molecular weight is 335 g/mol. The monoisotopic (exact) mass is 335 g/mol. The van der Waals surface area contributed by atoms with Gasteiger partial charge >= 0.3 is 0 Å². The highest BCUT2D eigenvalue weighted by atomic mass is 32.2. The molecule has 0 radical (unpaired) electrons. The Hall–Kier alpha value is -1.36. The van der Waals surface area contributed by atoms with Gasteiger partial charge in [0.25, 0.3) is 0 Å². The van der Waals surface area contributed by atoms with Gasteiger partial charge in [0.2, 0.25) is 10.0 Å². The van der Waals surface area contributed by atoms with E-state index in [9.17, 15) is 13.2 Å². The summed E-state index contributed by atoms with van der Waals surface area (Å²) in [6.07, 6.45) is 2.18. The zero-order valence-electron chi connectivity index (χ0n) is 14.3. The number of sulfonamides is 1. The van der Waals surface area contributed by atoms with Gasteiger partial charge in [-0.15, -0.1) is 0 Å². The van der Waals surface area contributed by atoms with Crippen LogP contribution >= 0.6 is 0 Å². The van der Waals surface area contributed by atoms with E-state index in [0.29, 0.717) is 24.4 Å². The van der Waals surface area contributed by atoms with Crippen molar-refractivity contribution in [2.75, 3.05) is 10.5 Å². The molecule has 3 rings (SSSR count). The average Bonchev–Trinajstić information content (AvgIpc) is 2.75. The van der Waals surface area contributed by atoms with Crippen LogP contribution in [0.4, 0.5) is 5.69 Å². The second kappa shape index (κ2) is 5.07. The van der Waals surface area contributed by atoms with Crippen LogP contribution in [0.15, 0.2) is 18.2 Å². The van der Waals surface area contributed by atoms with Crippen molar-refractivity contribution in [1.82, 2.24) is 0 Å². The normalized spacial score (nSPS) is 29.0. The lowest BCUT2D eigenvalue weighted by atomic mass is 9.70. The molecule has 2 bridgehead atoms. The van der Waals surface area contributed by atoms with Gasteiger partial charge in [0, 0.05) is 6.42 Å². The van der Waals surface area contributed by atoms with E-state index in [2.05, 4.69) is 18.6 Å². The molecule has 2 atom stereocenters. The van der Waals surface area contributed by atoms with E-state index in [1.165, 1.54) is 0 Å². The molecule has 5 heteroatoms. The number of carbonyl (C=O) groups excluding carboxylic acids is 1. The summed E-state index contributed by atoms with van der Waals surface area (Å²) in [7, 11) is -3.57. The number of ketones is 1. The van der Waals surface area contributed by atoms with Crippen LogP contribution in [0, 0.1) is 30.6 Å². The van der Waals surface area contributed by atoms with Crippen molar-refractivity contribution in [3.63, 3.8) is 0 Å². The Kier molecular flexibility index (Phi) is 3.63. The molecule has 2 unspecified atom stereocenters. The highest BCUT2D eigenvalue weighted by molar-refractivity contribution is 7.92. The van der Waals surface area contributed by atoms with Gasteiger partial charge in [0.05, 0.1) is 16.9 Å². The molecule has 0 amide bonds. The molecular weight excluding hydrogens is 310 g/mol. The Morgan fingerprint density at radius 2 is 1.96 bits per heavy atom. The van der Waals surface area contributed by atoms with Crippen molar-refractivity contribution >= 4 is 21.5 Å².